The number of benzene rings is 1. The number of hydrogen-bond acceptors (Lipinski definition) is 5. The van der Waals surface area contributed by atoms with E-state index >= 15 is 0 Å². The van der Waals surface area contributed by atoms with E-state index in [1.807, 2.05) is 45.9 Å². The maximum Gasteiger partial charge on any atom is 0.414 e. The summed E-state index contributed by atoms with van der Waals surface area (Å²) in [7, 11) is 3.08. The number of carbonyl (C=O) groups is 3. The first-order chi connectivity index (χ1) is 16.5. The summed E-state index contributed by atoms with van der Waals surface area (Å²) in [5.41, 5.74) is 4.06. The van der Waals surface area contributed by atoms with Gasteiger partial charge in [-0.1, -0.05) is 37.5 Å². The zero-order valence-corrected chi connectivity index (χ0v) is 21.5. The van der Waals surface area contributed by atoms with Crippen molar-refractivity contribution in [3.05, 3.63) is 66.9 Å². The first kappa shape index (κ1) is 27.4. The van der Waals surface area contributed by atoms with Crippen LogP contribution in [0.4, 0.5) is 16.2 Å². The van der Waals surface area contributed by atoms with Crippen molar-refractivity contribution in [2.45, 2.75) is 39.8 Å². The number of anilines is 2. The maximum atomic E-state index is 12.9. The topological polar surface area (TPSA) is 82.2 Å². The van der Waals surface area contributed by atoms with Crippen LogP contribution in [0.25, 0.3) is 5.57 Å². The summed E-state index contributed by atoms with van der Waals surface area (Å²) in [6.45, 7) is 16.1. The van der Waals surface area contributed by atoms with Crippen LogP contribution in [0.1, 0.15) is 33.3 Å². The van der Waals surface area contributed by atoms with Gasteiger partial charge in [-0.3, -0.25) is 14.5 Å². The summed E-state index contributed by atoms with van der Waals surface area (Å²) in [4.78, 5) is 41.7. The third-order valence-electron chi connectivity index (χ3n) is 5.49. The quantitative estimate of drug-likeness (QED) is 0.447. The van der Waals surface area contributed by atoms with Crippen molar-refractivity contribution in [2.24, 2.45) is 0 Å². The van der Waals surface area contributed by atoms with Gasteiger partial charge < -0.3 is 19.9 Å². The lowest BCUT2D eigenvalue weighted by Gasteiger charge is -2.42. The maximum absolute atomic E-state index is 12.9. The molecule has 0 radical (unpaired) electrons. The molecule has 1 aliphatic heterocycles. The fourth-order valence-corrected chi connectivity index (χ4v) is 3.84. The van der Waals surface area contributed by atoms with Gasteiger partial charge in [0.15, 0.2) is 0 Å². The molecule has 1 aromatic rings. The van der Waals surface area contributed by atoms with Crippen LogP contribution in [-0.2, 0) is 14.3 Å². The van der Waals surface area contributed by atoms with Gasteiger partial charge in [0, 0.05) is 38.5 Å². The monoisotopic (exact) mass is 480 g/mol. The first-order valence-corrected chi connectivity index (χ1v) is 11.5. The third-order valence-corrected chi connectivity index (χ3v) is 5.49. The molecule has 3 amide bonds. The van der Waals surface area contributed by atoms with E-state index < -0.39 is 6.09 Å². The second kappa shape index (κ2) is 12.1. The Bertz CT molecular complexity index is 1060. The number of amides is 3. The van der Waals surface area contributed by atoms with E-state index in [0.717, 1.165) is 22.5 Å². The van der Waals surface area contributed by atoms with Gasteiger partial charge in [-0.25, -0.2) is 4.79 Å². The van der Waals surface area contributed by atoms with Gasteiger partial charge in [0.1, 0.15) is 0 Å². The highest BCUT2D eigenvalue weighted by Crippen LogP contribution is 2.39. The molecule has 0 saturated carbocycles. The van der Waals surface area contributed by atoms with E-state index in [2.05, 4.69) is 23.4 Å². The smallest absolute Gasteiger partial charge is 0.414 e. The summed E-state index contributed by atoms with van der Waals surface area (Å²) in [5, 5.41) is 2.49. The van der Waals surface area contributed by atoms with Crippen molar-refractivity contribution in [3.8, 4) is 0 Å². The Balaban J connectivity index is 2.41. The van der Waals surface area contributed by atoms with Crippen molar-refractivity contribution >= 4 is 34.9 Å². The Hall–Kier alpha value is -3.81. The number of nitrogens with one attached hydrogen (secondary N) is 1. The lowest BCUT2D eigenvalue weighted by atomic mass is 10.00. The lowest BCUT2D eigenvalue weighted by Crippen LogP contribution is -2.49. The molecule has 0 fully saturated rings. The minimum atomic E-state index is -0.402. The van der Waals surface area contributed by atoms with Crippen molar-refractivity contribution in [2.75, 3.05) is 37.0 Å². The molecule has 1 heterocycles. The number of ether oxygens (including phenoxy) is 1. The first-order valence-electron chi connectivity index (χ1n) is 11.5. The largest absolute Gasteiger partial charge is 0.446 e. The molecule has 0 spiro atoms. The zero-order valence-electron chi connectivity index (χ0n) is 21.5. The Morgan fingerprint density at radius 3 is 2.54 bits per heavy atom. The minimum absolute atomic E-state index is 0.0253. The number of nitrogens with zero attached hydrogens (tertiary/aromatic N) is 3. The van der Waals surface area contributed by atoms with Gasteiger partial charge in [0.05, 0.1) is 24.0 Å². The van der Waals surface area contributed by atoms with E-state index in [9.17, 15) is 14.4 Å². The predicted molar refractivity (Wildman–Crippen MR) is 141 cm³/mol. The van der Waals surface area contributed by atoms with Crippen LogP contribution in [-0.4, -0.2) is 62.1 Å². The molecule has 0 aromatic heterocycles. The van der Waals surface area contributed by atoms with Crippen LogP contribution in [0, 0.1) is 0 Å². The Morgan fingerprint density at radius 1 is 1.29 bits per heavy atom. The molecule has 1 aliphatic rings. The van der Waals surface area contributed by atoms with Gasteiger partial charge in [-0.15, -0.1) is 0 Å². The summed E-state index contributed by atoms with van der Waals surface area (Å²) < 4.78 is 5.50. The molecule has 2 rings (SSSR count). The van der Waals surface area contributed by atoms with Gasteiger partial charge >= 0.3 is 6.09 Å². The molecule has 8 heteroatoms. The molecule has 0 bridgehead atoms. The molecule has 35 heavy (non-hydrogen) atoms. The number of hydrogen-bond donors (Lipinski definition) is 1. The van der Waals surface area contributed by atoms with Crippen molar-refractivity contribution < 1.29 is 19.1 Å². The Morgan fingerprint density at radius 2 is 1.97 bits per heavy atom. The minimum Gasteiger partial charge on any atom is -0.446 e. The van der Waals surface area contributed by atoms with Crippen LogP contribution < -0.4 is 15.1 Å². The highest BCUT2D eigenvalue weighted by atomic mass is 16.6. The molecule has 188 valence electrons. The number of allylic oxidation sites excluding steroid dienone is 5. The summed E-state index contributed by atoms with van der Waals surface area (Å²) in [6, 6.07) is 5.84. The summed E-state index contributed by atoms with van der Waals surface area (Å²) >= 11 is 0. The molecule has 1 N–H and O–H groups in total. The van der Waals surface area contributed by atoms with E-state index in [-0.39, 0.29) is 30.5 Å². The summed E-state index contributed by atoms with van der Waals surface area (Å²) in [5.74, 6) is -0.545. The molecular weight excluding hydrogens is 444 g/mol. The number of likely N-dealkylation sites (N-methyl/N-ethyl adjacent to an activating group) is 2. The van der Waals surface area contributed by atoms with Crippen LogP contribution in [0.15, 0.2) is 61.4 Å². The second-order valence-corrected chi connectivity index (χ2v) is 8.75. The van der Waals surface area contributed by atoms with E-state index in [1.54, 1.807) is 30.2 Å². The number of rotatable bonds is 8. The molecule has 1 aromatic carbocycles. The van der Waals surface area contributed by atoms with Crippen molar-refractivity contribution in [1.82, 2.24) is 10.2 Å². The number of fused-ring (bicyclic) bond motifs is 1. The van der Waals surface area contributed by atoms with Gasteiger partial charge in [-0.2, -0.15) is 0 Å². The predicted octanol–water partition coefficient (Wildman–Crippen LogP) is 4.11. The van der Waals surface area contributed by atoms with Gasteiger partial charge in [-0.05, 0) is 51.0 Å². The van der Waals surface area contributed by atoms with E-state index in [4.69, 9.17) is 4.74 Å². The average Bonchev–Trinajstić information content (AvgIpc) is 2.79. The van der Waals surface area contributed by atoms with Crippen LogP contribution in [0.5, 0.6) is 0 Å². The SMILES string of the molecule is C=C/C(=C\C=C\C(=O)N(C)CC(=O)NC)c1ccc2c(c1)N(C(=O)OC(C)C)CC(C)N2C(=C)C. The van der Waals surface area contributed by atoms with Crippen LogP contribution in [0.3, 0.4) is 0 Å². The molecule has 1 atom stereocenters. The van der Waals surface area contributed by atoms with Crippen molar-refractivity contribution in [1.29, 1.82) is 0 Å². The normalized spacial score (nSPS) is 15.6. The average molecular weight is 481 g/mol. The highest BCUT2D eigenvalue weighted by molar-refractivity contribution is 5.96. The van der Waals surface area contributed by atoms with Crippen LogP contribution >= 0.6 is 0 Å². The van der Waals surface area contributed by atoms with E-state index in [1.165, 1.54) is 18.0 Å². The van der Waals surface area contributed by atoms with E-state index in [0.29, 0.717) is 12.2 Å². The van der Waals surface area contributed by atoms with Gasteiger partial charge in [0.2, 0.25) is 11.8 Å². The zero-order chi connectivity index (χ0) is 26.3. The molecule has 0 aliphatic carbocycles. The Kier molecular flexibility index (Phi) is 9.45. The summed E-state index contributed by atoms with van der Waals surface area (Å²) in [6.07, 6.45) is 5.81. The van der Waals surface area contributed by atoms with Crippen LogP contribution in [0.2, 0.25) is 0 Å². The highest BCUT2D eigenvalue weighted by Gasteiger charge is 2.33. The lowest BCUT2D eigenvalue weighted by molar-refractivity contribution is -0.130. The molecular formula is C27H36N4O4. The third kappa shape index (κ3) is 6.85. The van der Waals surface area contributed by atoms with Gasteiger partial charge in [0.25, 0.3) is 0 Å². The standard InChI is InChI=1S/C27H36N4O4/c1-9-21(11-10-12-26(33)29(8)17-25(32)28-7)22-13-14-23-24(15-22)30(27(34)35-19(4)5)16-20(6)31(23)18(2)3/h9-15,19-20H,1-2,16-17H2,3-8H3,(H,28,32)/b12-10+,21-11+. The number of carbonyl (C=O) groups excluding carboxylic acids is 3. The Labute approximate surface area is 208 Å². The molecule has 8 nitrogen and oxygen atoms in total. The second-order valence-electron chi connectivity index (χ2n) is 8.75. The molecule has 1 unspecified atom stereocenters. The van der Waals surface area contributed by atoms with Crippen molar-refractivity contribution in [3.63, 3.8) is 0 Å². The fourth-order valence-electron chi connectivity index (χ4n) is 3.84. The molecule has 0 saturated heterocycles. The fraction of sp³-hybridized carbons (Fsp3) is 0.370.